The highest BCUT2D eigenvalue weighted by atomic mass is 32.2. The Morgan fingerprint density at radius 2 is 2.17 bits per heavy atom. The maximum atomic E-state index is 12.5. The van der Waals surface area contributed by atoms with Crippen LogP contribution in [0.2, 0.25) is 0 Å². The fourth-order valence-electron chi connectivity index (χ4n) is 2.77. The van der Waals surface area contributed by atoms with Crippen molar-refractivity contribution in [1.29, 1.82) is 0 Å². The van der Waals surface area contributed by atoms with Crippen molar-refractivity contribution in [3.8, 4) is 0 Å². The summed E-state index contributed by atoms with van der Waals surface area (Å²) in [6.45, 7) is 5.77. The molecule has 5 nitrogen and oxygen atoms in total. The van der Waals surface area contributed by atoms with E-state index in [1.807, 2.05) is 38.1 Å². The van der Waals surface area contributed by atoms with Crippen molar-refractivity contribution in [3.05, 3.63) is 35.7 Å². The lowest BCUT2D eigenvalue weighted by Gasteiger charge is -2.22. The molecule has 0 saturated carbocycles. The molecule has 0 bridgehead atoms. The first-order valence-corrected chi connectivity index (χ1v) is 8.77. The van der Waals surface area contributed by atoms with Crippen molar-refractivity contribution in [3.63, 3.8) is 0 Å². The SMILES string of the molecule is Cc1n[nH]c(C)c1Sc1ccccc1NC(=O)[C@@H]1CCCNC1. The van der Waals surface area contributed by atoms with Gasteiger partial charge in [0.15, 0.2) is 0 Å². The molecule has 3 rings (SSSR count). The van der Waals surface area contributed by atoms with Gasteiger partial charge in [0, 0.05) is 17.1 Å². The molecule has 1 aromatic carbocycles. The van der Waals surface area contributed by atoms with Crippen LogP contribution in [0.15, 0.2) is 34.1 Å². The molecule has 1 aliphatic rings. The van der Waals surface area contributed by atoms with Crippen LogP contribution < -0.4 is 10.6 Å². The number of aromatic nitrogens is 2. The third-order valence-corrected chi connectivity index (χ3v) is 5.47. The van der Waals surface area contributed by atoms with Gasteiger partial charge >= 0.3 is 0 Å². The quantitative estimate of drug-likeness (QED) is 0.805. The molecule has 6 heteroatoms. The predicted molar refractivity (Wildman–Crippen MR) is 92.9 cm³/mol. The third-order valence-electron chi connectivity index (χ3n) is 4.09. The van der Waals surface area contributed by atoms with Gasteiger partial charge in [-0.1, -0.05) is 23.9 Å². The van der Waals surface area contributed by atoms with Crippen LogP contribution in [0, 0.1) is 19.8 Å². The first kappa shape index (κ1) is 16.1. The van der Waals surface area contributed by atoms with E-state index in [0.29, 0.717) is 0 Å². The van der Waals surface area contributed by atoms with E-state index in [0.717, 1.165) is 52.8 Å². The Morgan fingerprint density at radius 3 is 2.87 bits per heavy atom. The number of aromatic amines is 1. The predicted octanol–water partition coefficient (Wildman–Crippen LogP) is 3.12. The van der Waals surface area contributed by atoms with Crippen molar-refractivity contribution >= 4 is 23.4 Å². The van der Waals surface area contributed by atoms with Crippen LogP contribution in [0.1, 0.15) is 24.2 Å². The molecule has 2 aromatic rings. The molecule has 0 aliphatic carbocycles. The minimum atomic E-state index is 0.0548. The molecule has 1 saturated heterocycles. The van der Waals surface area contributed by atoms with Crippen LogP contribution in [0.5, 0.6) is 0 Å². The van der Waals surface area contributed by atoms with E-state index in [9.17, 15) is 4.79 Å². The van der Waals surface area contributed by atoms with Gasteiger partial charge in [-0.15, -0.1) is 0 Å². The minimum Gasteiger partial charge on any atom is -0.325 e. The normalized spacial score (nSPS) is 17.9. The van der Waals surface area contributed by atoms with Crippen LogP contribution in [0.25, 0.3) is 0 Å². The maximum Gasteiger partial charge on any atom is 0.228 e. The fraction of sp³-hybridized carbons (Fsp3) is 0.412. The molecule has 122 valence electrons. The van der Waals surface area contributed by atoms with E-state index in [-0.39, 0.29) is 11.8 Å². The maximum absolute atomic E-state index is 12.5. The van der Waals surface area contributed by atoms with Gasteiger partial charge in [0.05, 0.1) is 22.2 Å². The highest BCUT2D eigenvalue weighted by molar-refractivity contribution is 7.99. The Bertz CT molecular complexity index is 672. The number of H-pyrrole nitrogens is 1. The molecular formula is C17H22N4OS. The number of nitrogens with one attached hydrogen (secondary N) is 3. The van der Waals surface area contributed by atoms with Gasteiger partial charge < -0.3 is 10.6 Å². The van der Waals surface area contributed by atoms with Crippen molar-refractivity contribution < 1.29 is 4.79 Å². The Hall–Kier alpha value is -1.79. The summed E-state index contributed by atoms with van der Waals surface area (Å²) in [5.41, 5.74) is 2.89. The van der Waals surface area contributed by atoms with Gasteiger partial charge in [-0.25, -0.2) is 0 Å². The monoisotopic (exact) mass is 330 g/mol. The standard InChI is InChI=1S/C17H22N4OS/c1-11-16(12(2)21-20-11)23-15-8-4-3-7-14(15)19-17(22)13-6-5-9-18-10-13/h3-4,7-8,13,18H,5-6,9-10H2,1-2H3,(H,19,22)(H,20,21)/t13-/m1/s1. The smallest absolute Gasteiger partial charge is 0.228 e. The van der Waals surface area contributed by atoms with E-state index in [1.54, 1.807) is 11.8 Å². The Balaban J connectivity index is 1.76. The number of aryl methyl sites for hydroxylation is 2. The lowest BCUT2D eigenvalue weighted by atomic mass is 9.99. The molecule has 3 N–H and O–H groups in total. The number of rotatable bonds is 4. The number of carbonyl (C=O) groups is 1. The lowest BCUT2D eigenvalue weighted by molar-refractivity contribution is -0.120. The van der Waals surface area contributed by atoms with Gasteiger partial charge in [0.25, 0.3) is 0 Å². The number of piperidine rings is 1. The highest BCUT2D eigenvalue weighted by Gasteiger charge is 2.22. The second-order valence-corrected chi connectivity index (χ2v) is 6.95. The average molecular weight is 330 g/mol. The average Bonchev–Trinajstić information content (AvgIpc) is 2.89. The van der Waals surface area contributed by atoms with Gasteiger partial charge in [0.2, 0.25) is 5.91 Å². The van der Waals surface area contributed by atoms with Crippen LogP contribution in [-0.2, 0) is 4.79 Å². The van der Waals surface area contributed by atoms with Crippen LogP contribution in [0.4, 0.5) is 5.69 Å². The summed E-state index contributed by atoms with van der Waals surface area (Å²) in [7, 11) is 0. The van der Waals surface area contributed by atoms with E-state index in [1.165, 1.54) is 0 Å². The molecule has 0 unspecified atom stereocenters. The number of hydrogen-bond donors (Lipinski definition) is 3. The minimum absolute atomic E-state index is 0.0548. The van der Waals surface area contributed by atoms with Crippen molar-refractivity contribution in [2.45, 2.75) is 36.5 Å². The molecule has 1 fully saturated rings. The molecule has 2 heterocycles. The molecule has 23 heavy (non-hydrogen) atoms. The largest absolute Gasteiger partial charge is 0.325 e. The van der Waals surface area contributed by atoms with Crippen molar-refractivity contribution in [2.75, 3.05) is 18.4 Å². The van der Waals surface area contributed by atoms with Crippen LogP contribution in [-0.4, -0.2) is 29.2 Å². The number of hydrogen-bond acceptors (Lipinski definition) is 4. The summed E-state index contributed by atoms with van der Waals surface area (Å²) in [6.07, 6.45) is 2.01. The topological polar surface area (TPSA) is 69.8 Å². The third kappa shape index (κ3) is 3.76. The fourth-order valence-corrected chi connectivity index (χ4v) is 3.76. The number of para-hydroxylation sites is 1. The second-order valence-electron chi connectivity index (χ2n) is 5.89. The number of benzene rings is 1. The molecule has 0 spiro atoms. The first-order valence-electron chi connectivity index (χ1n) is 7.95. The zero-order valence-electron chi connectivity index (χ0n) is 13.5. The van der Waals surface area contributed by atoms with E-state index >= 15 is 0 Å². The Kier molecular flexibility index (Phi) is 5.03. The Morgan fingerprint density at radius 1 is 1.35 bits per heavy atom. The number of anilines is 1. The lowest BCUT2D eigenvalue weighted by Crippen LogP contribution is -2.37. The van der Waals surface area contributed by atoms with Gasteiger partial charge in [-0.3, -0.25) is 9.89 Å². The van der Waals surface area contributed by atoms with Crippen molar-refractivity contribution in [1.82, 2.24) is 15.5 Å². The van der Waals surface area contributed by atoms with Crippen LogP contribution in [0.3, 0.4) is 0 Å². The van der Waals surface area contributed by atoms with Crippen LogP contribution >= 0.6 is 11.8 Å². The molecule has 1 amide bonds. The van der Waals surface area contributed by atoms with E-state index < -0.39 is 0 Å². The number of nitrogens with zero attached hydrogens (tertiary/aromatic N) is 1. The second kappa shape index (κ2) is 7.19. The summed E-state index contributed by atoms with van der Waals surface area (Å²) in [5.74, 6) is 0.157. The molecular weight excluding hydrogens is 308 g/mol. The summed E-state index contributed by atoms with van der Waals surface area (Å²) >= 11 is 1.64. The highest BCUT2D eigenvalue weighted by Crippen LogP contribution is 2.36. The summed E-state index contributed by atoms with van der Waals surface area (Å²) in [5, 5.41) is 13.6. The number of amides is 1. The number of carbonyl (C=O) groups excluding carboxylic acids is 1. The van der Waals surface area contributed by atoms with E-state index in [4.69, 9.17) is 0 Å². The molecule has 0 radical (unpaired) electrons. The first-order chi connectivity index (χ1) is 11.1. The molecule has 1 atom stereocenters. The molecule has 1 aliphatic heterocycles. The van der Waals surface area contributed by atoms with Gasteiger partial charge in [0.1, 0.15) is 0 Å². The summed E-state index contributed by atoms with van der Waals surface area (Å²) in [6, 6.07) is 7.94. The van der Waals surface area contributed by atoms with Gasteiger partial charge in [-0.2, -0.15) is 5.10 Å². The zero-order chi connectivity index (χ0) is 16.2. The van der Waals surface area contributed by atoms with Gasteiger partial charge in [-0.05, 0) is 45.4 Å². The molecule has 1 aromatic heterocycles. The summed E-state index contributed by atoms with van der Waals surface area (Å²) < 4.78 is 0. The van der Waals surface area contributed by atoms with E-state index in [2.05, 4.69) is 20.8 Å². The summed E-state index contributed by atoms with van der Waals surface area (Å²) in [4.78, 5) is 14.6. The zero-order valence-corrected chi connectivity index (χ0v) is 14.3. The van der Waals surface area contributed by atoms with Crippen molar-refractivity contribution in [2.24, 2.45) is 5.92 Å². The Labute approximate surface area is 140 Å².